The molecule has 1 heterocycles. The average Bonchev–Trinajstić information content (AvgIpc) is 3.23. The Hall–Kier alpha value is -0.610. The fourth-order valence-electron chi connectivity index (χ4n) is 3.17. The number of esters is 1. The largest absolute Gasteiger partial charge is 0.468 e. The van der Waals surface area contributed by atoms with Gasteiger partial charge in [0.25, 0.3) is 0 Å². The van der Waals surface area contributed by atoms with Gasteiger partial charge in [-0.25, -0.2) is 0 Å². The van der Waals surface area contributed by atoms with Crippen LogP contribution in [0.4, 0.5) is 0 Å². The molecule has 1 N–H and O–H groups in total. The summed E-state index contributed by atoms with van der Waals surface area (Å²) in [4.78, 5) is 14.6. The molecule has 21 heavy (non-hydrogen) atoms. The van der Waals surface area contributed by atoms with Crippen LogP contribution in [0.25, 0.3) is 0 Å². The molecule has 0 aromatic heterocycles. The molecule has 1 atom stereocenters. The molecule has 4 nitrogen and oxygen atoms in total. The van der Waals surface area contributed by atoms with Gasteiger partial charge in [0, 0.05) is 6.04 Å². The summed E-state index contributed by atoms with van der Waals surface area (Å²) >= 11 is 0. The van der Waals surface area contributed by atoms with Crippen LogP contribution in [0.5, 0.6) is 0 Å². The van der Waals surface area contributed by atoms with Crippen molar-refractivity contribution in [2.75, 3.05) is 26.7 Å². The van der Waals surface area contributed by atoms with Crippen molar-refractivity contribution in [3.05, 3.63) is 0 Å². The summed E-state index contributed by atoms with van der Waals surface area (Å²) in [7, 11) is 1.49. The number of likely N-dealkylation sites (tertiary alicyclic amines) is 1. The summed E-state index contributed by atoms with van der Waals surface area (Å²) < 4.78 is 5.00. The number of methoxy groups -OCH3 is 1. The van der Waals surface area contributed by atoms with Crippen LogP contribution in [0.1, 0.15) is 59.3 Å². The van der Waals surface area contributed by atoms with E-state index in [1.807, 2.05) is 6.92 Å². The van der Waals surface area contributed by atoms with Crippen molar-refractivity contribution in [2.24, 2.45) is 5.41 Å². The summed E-state index contributed by atoms with van der Waals surface area (Å²) in [6, 6.07) is 0.518. The quantitative estimate of drug-likeness (QED) is 0.733. The third-order valence-corrected chi connectivity index (χ3v) is 5.10. The topological polar surface area (TPSA) is 41.6 Å². The average molecular weight is 296 g/mol. The molecular weight excluding hydrogens is 264 g/mol. The lowest BCUT2D eigenvalue weighted by atomic mass is 9.82. The Labute approximate surface area is 129 Å². The van der Waals surface area contributed by atoms with Crippen molar-refractivity contribution in [2.45, 2.75) is 70.9 Å². The molecule has 122 valence electrons. The molecule has 1 saturated carbocycles. The first-order valence-electron chi connectivity index (χ1n) is 8.43. The van der Waals surface area contributed by atoms with Gasteiger partial charge in [-0.3, -0.25) is 10.1 Å². The first-order chi connectivity index (χ1) is 9.85. The monoisotopic (exact) mass is 296 g/mol. The Morgan fingerprint density at radius 2 is 1.95 bits per heavy atom. The van der Waals surface area contributed by atoms with E-state index in [0.717, 1.165) is 19.4 Å². The van der Waals surface area contributed by atoms with E-state index in [2.05, 4.69) is 24.1 Å². The van der Waals surface area contributed by atoms with E-state index in [4.69, 9.17) is 4.74 Å². The zero-order valence-electron chi connectivity index (χ0n) is 14.2. The minimum Gasteiger partial charge on any atom is -0.468 e. The highest BCUT2D eigenvalue weighted by Gasteiger charge is 2.39. The van der Waals surface area contributed by atoms with Gasteiger partial charge in [-0.15, -0.1) is 0 Å². The van der Waals surface area contributed by atoms with E-state index < -0.39 is 5.54 Å². The summed E-state index contributed by atoms with van der Waals surface area (Å²) in [5, 5.41) is 3.48. The molecule has 0 bridgehead atoms. The number of carbonyl (C=O) groups is 1. The van der Waals surface area contributed by atoms with Gasteiger partial charge in [0.1, 0.15) is 5.54 Å². The molecule has 0 spiro atoms. The van der Waals surface area contributed by atoms with Gasteiger partial charge in [-0.05, 0) is 70.5 Å². The van der Waals surface area contributed by atoms with Crippen molar-refractivity contribution < 1.29 is 9.53 Å². The highest BCUT2D eigenvalue weighted by atomic mass is 16.5. The smallest absolute Gasteiger partial charge is 0.325 e. The van der Waals surface area contributed by atoms with Crippen molar-refractivity contribution in [3.8, 4) is 0 Å². The van der Waals surface area contributed by atoms with Gasteiger partial charge < -0.3 is 9.64 Å². The number of nitrogens with one attached hydrogen (secondary N) is 1. The SMILES string of the molecule is COC(=O)C(C)(CCCN1CCC(C)(C)CC1)NC1CC1. The van der Waals surface area contributed by atoms with E-state index in [0.29, 0.717) is 11.5 Å². The Bertz CT molecular complexity index is 356. The minimum atomic E-state index is -0.509. The predicted molar refractivity (Wildman–Crippen MR) is 85.3 cm³/mol. The van der Waals surface area contributed by atoms with Gasteiger partial charge >= 0.3 is 5.97 Å². The Balaban J connectivity index is 1.75. The van der Waals surface area contributed by atoms with Gasteiger partial charge in [-0.1, -0.05) is 13.8 Å². The number of nitrogens with zero attached hydrogens (tertiary/aromatic N) is 1. The maximum Gasteiger partial charge on any atom is 0.325 e. The zero-order chi connectivity index (χ0) is 15.5. The molecule has 1 aliphatic carbocycles. The third-order valence-electron chi connectivity index (χ3n) is 5.10. The first kappa shape index (κ1) is 16.8. The number of hydrogen-bond acceptors (Lipinski definition) is 4. The fourth-order valence-corrected chi connectivity index (χ4v) is 3.17. The van der Waals surface area contributed by atoms with Gasteiger partial charge in [0.2, 0.25) is 0 Å². The maximum absolute atomic E-state index is 12.1. The second-order valence-corrected chi connectivity index (χ2v) is 7.85. The second-order valence-electron chi connectivity index (χ2n) is 7.85. The molecule has 2 aliphatic rings. The number of rotatable bonds is 7. The summed E-state index contributed by atoms with van der Waals surface area (Å²) in [5.41, 5.74) is -0.00443. The lowest BCUT2D eigenvalue weighted by molar-refractivity contribution is -0.148. The first-order valence-corrected chi connectivity index (χ1v) is 8.43. The molecule has 1 unspecified atom stereocenters. The lowest BCUT2D eigenvalue weighted by Gasteiger charge is -2.37. The number of carbonyl (C=O) groups excluding carboxylic acids is 1. The van der Waals surface area contributed by atoms with Crippen LogP contribution in [0.3, 0.4) is 0 Å². The molecule has 1 saturated heterocycles. The Morgan fingerprint density at radius 1 is 1.33 bits per heavy atom. The normalized spacial score (nSPS) is 25.3. The van der Waals surface area contributed by atoms with Crippen molar-refractivity contribution in [1.29, 1.82) is 0 Å². The zero-order valence-corrected chi connectivity index (χ0v) is 14.2. The molecule has 1 aliphatic heterocycles. The van der Waals surface area contributed by atoms with Crippen LogP contribution in [0, 0.1) is 5.41 Å². The summed E-state index contributed by atoms with van der Waals surface area (Å²) in [6.07, 6.45) is 6.84. The number of piperidine rings is 1. The summed E-state index contributed by atoms with van der Waals surface area (Å²) in [6.45, 7) is 10.2. The van der Waals surface area contributed by atoms with Crippen LogP contribution in [0.15, 0.2) is 0 Å². The van der Waals surface area contributed by atoms with Crippen LogP contribution in [-0.4, -0.2) is 49.2 Å². The molecule has 4 heteroatoms. The third kappa shape index (κ3) is 4.96. The molecule has 0 amide bonds. The van der Waals surface area contributed by atoms with E-state index in [1.54, 1.807) is 0 Å². The number of ether oxygens (including phenoxy) is 1. The van der Waals surface area contributed by atoms with Crippen molar-refractivity contribution in [3.63, 3.8) is 0 Å². The minimum absolute atomic E-state index is 0.117. The molecular formula is C17H32N2O2. The van der Waals surface area contributed by atoms with Crippen LogP contribution in [0.2, 0.25) is 0 Å². The van der Waals surface area contributed by atoms with E-state index >= 15 is 0 Å². The summed E-state index contributed by atoms with van der Waals surface area (Å²) in [5.74, 6) is -0.117. The molecule has 2 rings (SSSR count). The molecule has 0 aromatic carbocycles. The van der Waals surface area contributed by atoms with Crippen LogP contribution >= 0.6 is 0 Å². The molecule has 2 fully saturated rings. The molecule has 0 radical (unpaired) electrons. The second kappa shape index (κ2) is 6.66. The highest BCUT2D eigenvalue weighted by molar-refractivity contribution is 5.80. The fraction of sp³-hybridized carbons (Fsp3) is 0.941. The predicted octanol–water partition coefficient (Wildman–Crippen LogP) is 2.57. The van der Waals surface area contributed by atoms with Gasteiger partial charge in [0.05, 0.1) is 7.11 Å². The molecule has 0 aromatic rings. The van der Waals surface area contributed by atoms with Crippen LogP contribution < -0.4 is 5.32 Å². The van der Waals surface area contributed by atoms with E-state index in [9.17, 15) is 4.79 Å². The van der Waals surface area contributed by atoms with Crippen molar-refractivity contribution in [1.82, 2.24) is 10.2 Å². The Morgan fingerprint density at radius 3 is 2.48 bits per heavy atom. The van der Waals surface area contributed by atoms with Crippen molar-refractivity contribution >= 4 is 5.97 Å². The lowest BCUT2D eigenvalue weighted by Crippen LogP contribution is -2.51. The van der Waals surface area contributed by atoms with Gasteiger partial charge in [-0.2, -0.15) is 0 Å². The van der Waals surface area contributed by atoms with Crippen LogP contribution in [-0.2, 0) is 9.53 Å². The van der Waals surface area contributed by atoms with E-state index in [1.165, 1.54) is 45.9 Å². The highest BCUT2D eigenvalue weighted by Crippen LogP contribution is 2.30. The Kier molecular flexibility index (Phi) is 5.31. The number of hydrogen-bond donors (Lipinski definition) is 1. The van der Waals surface area contributed by atoms with E-state index in [-0.39, 0.29) is 5.97 Å². The maximum atomic E-state index is 12.1. The van der Waals surface area contributed by atoms with Gasteiger partial charge in [0.15, 0.2) is 0 Å². The standard InChI is InChI=1S/C17H32N2O2/c1-16(2)9-12-19(13-10-16)11-5-8-17(3,15(20)21-4)18-14-6-7-14/h14,18H,5-13H2,1-4H3.